The van der Waals surface area contributed by atoms with Gasteiger partial charge in [0.05, 0.1) is 22.4 Å². The van der Waals surface area contributed by atoms with Crippen LogP contribution in [0.1, 0.15) is 10.4 Å². The van der Waals surface area contributed by atoms with Crippen molar-refractivity contribution in [2.45, 2.75) is 0 Å². The molecule has 0 fully saturated rings. The second-order valence-electron chi connectivity index (χ2n) is 9.60. The van der Waals surface area contributed by atoms with Gasteiger partial charge in [-0.3, -0.25) is 4.79 Å². The highest BCUT2D eigenvalue weighted by atomic mass is 32.1. The number of nitrogens with zero attached hydrogens (tertiary/aromatic N) is 3. The van der Waals surface area contributed by atoms with Crippen LogP contribution >= 0.6 is 12.2 Å². The van der Waals surface area contributed by atoms with Crippen molar-refractivity contribution in [2.75, 3.05) is 17.3 Å². The lowest BCUT2D eigenvalue weighted by Gasteiger charge is -2.19. The smallest absolute Gasteiger partial charge is 0.269 e. The molecule has 1 amide bonds. The zero-order chi connectivity index (χ0) is 28.9. The topological polar surface area (TPSA) is 67.3 Å². The number of anilines is 2. The van der Waals surface area contributed by atoms with E-state index in [0.717, 1.165) is 33.7 Å². The fourth-order valence-electron chi connectivity index (χ4n) is 4.53. The Bertz CT molecular complexity index is 1860. The number of benzene rings is 5. The average Bonchev–Trinajstić information content (AvgIpc) is 3.05. The minimum atomic E-state index is -0.248. The summed E-state index contributed by atoms with van der Waals surface area (Å²) in [6.07, 6.45) is 0. The van der Waals surface area contributed by atoms with E-state index in [4.69, 9.17) is 26.9 Å². The van der Waals surface area contributed by atoms with Gasteiger partial charge in [0.1, 0.15) is 5.75 Å². The Morgan fingerprint density at radius 2 is 1.24 bits per heavy atom. The number of para-hydroxylation sites is 1. The quantitative estimate of drug-likeness (QED) is 0.206. The first-order valence-electron chi connectivity index (χ1n) is 13.4. The van der Waals surface area contributed by atoms with Gasteiger partial charge in [0, 0.05) is 35.1 Å². The van der Waals surface area contributed by atoms with Gasteiger partial charge in [-0.05, 0) is 66.8 Å². The number of rotatable bonds is 6. The molecule has 5 aromatic carbocycles. The Labute approximate surface area is 249 Å². The largest absolute Gasteiger partial charge is 0.432 e. The maximum absolute atomic E-state index is 13.1. The third kappa shape index (κ3) is 5.87. The van der Waals surface area contributed by atoms with Gasteiger partial charge in [-0.25, -0.2) is 9.97 Å². The predicted octanol–water partition coefficient (Wildman–Crippen LogP) is 8.02. The number of nitrogens with one attached hydrogen (secondary N) is 1. The molecular formula is C35H26N4O2S. The lowest BCUT2D eigenvalue weighted by Crippen LogP contribution is -2.29. The van der Waals surface area contributed by atoms with Gasteiger partial charge >= 0.3 is 0 Å². The zero-order valence-electron chi connectivity index (χ0n) is 22.8. The highest BCUT2D eigenvalue weighted by molar-refractivity contribution is 7.80. The molecule has 204 valence electrons. The Hall–Kier alpha value is -5.40. The Balaban J connectivity index is 1.21. The summed E-state index contributed by atoms with van der Waals surface area (Å²) in [5.74, 6) is 0.296. The van der Waals surface area contributed by atoms with Gasteiger partial charge in [0.15, 0.2) is 0 Å². The predicted molar refractivity (Wildman–Crippen MR) is 173 cm³/mol. The molecular weight excluding hydrogens is 540 g/mol. The summed E-state index contributed by atoms with van der Waals surface area (Å²) in [5.41, 5.74) is 7.01. The van der Waals surface area contributed by atoms with Gasteiger partial charge in [0.2, 0.25) is 0 Å². The first-order chi connectivity index (χ1) is 20.5. The standard InChI is InChI=1S/C35H26N4O2S/c1-39(28-15-9-4-10-16-28)35(42)41-29-20-17-26(18-21-29)34(40)36-27-19-22-30-31(23-27)38-33(25-13-7-3-8-14-25)32(37-30)24-11-5-2-6-12-24/h2-23H,1H3,(H,36,40). The van der Waals surface area contributed by atoms with Crippen LogP contribution in [-0.2, 0) is 0 Å². The molecule has 0 atom stereocenters. The molecule has 6 nitrogen and oxygen atoms in total. The molecule has 0 aliphatic carbocycles. The lowest BCUT2D eigenvalue weighted by atomic mass is 10.0. The maximum atomic E-state index is 13.1. The molecule has 0 aliphatic rings. The van der Waals surface area contributed by atoms with Crippen molar-refractivity contribution < 1.29 is 9.53 Å². The molecule has 1 heterocycles. The van der Waals surface area contributed by atoms with Crippen LogP contribution in [0.4, 0.5) is 11.4 Å². The van der Waals surface area contributed by atoms with Gasteiger partial charge in [0.25, 0.3) is 11.1 Å². The van der Waals surface area contributed by atoms with Crippen molar-refractivity contribution >= 4 is 45.7 Å². The van der Waals surface area contributed by atoms with E-state index in [2.05, 4.69) is 5.32 Å². The number of amides is 1. The van der Waals surface area contributed by atoms with Crippen LogP contribution in [0.25, 0.3) is 33.5 Å². The molecule has 0 unspecified atom stereocenters. The molecule has 1 N–H and O–H groups in total. The van der Waals surface area contributed by atoms with E-state index in [1.165, 1.54) is 0 Å². The fraction of sp³-hybridized carbons (Fsp3) is 0.0286. The van der Waals surface area contributed by atoms with E-state index in [0.29, 0.717) is 27.7 Å². The number of hydrogen-bond acceptors (Lipinski definition) is 5. The van der Waals surface area contributed by atoms with Crippen molar-refractivity contribution in [3.8, 4) is 28.3 Å². The molecule has 0 bridgehead atoms. The third-order valence-corrected chi connectivity index (χ3v) is 7.11. The highest BCUT2D eigenvalue weighted by Crippen LogP contribution is 2.31. The summed E-state index contributed by atoms with van der Waals surface area (Å²) in [7, 11) is 1.85. The van der Waals surface area contributed by atoms with E-state index in [-0.39, 0.29) is 5.91 Å². The van der Waals surface area contributed by atoms with Crippen molar-refractivity contribution in [1.82, 2.24) is 9.97 Å². The monoisotopic (exact) mass is 566 g/mol. The number of ether oxygens (including phenoxy) is 1. The fourth-order valence-corrected chi connectivity index (χ4v) is 4.73. The third-order valence-electron chi connectivity index (χ3n) is 6.76. The Kier molecular flexibility index (Phi) is 7.66. The molecule has 6 rings (SSSR count). The summed E-state index contributed by atoms with van der Waals surface area (Å²) in [4.78, 5) is 24.8. The molecule has 0 saturated heterocycles. The molecule has 6 aromatic rings. The molecule has 1 aromatic heterocycles. The van der Waals surface area contributed by atoms with Crippen molar-refractivity contribution in [3.05, 3.63) is 139 Å². The molecule has 0 radical (unpaired) electrons. The zero-order valence-corrected chi connectivity index (χ0v) is 23.6. The highest BCUT2D eigenvalue weighted by Gasteiger charge is 2.15. The van der Waals surface area contributed by atoms with Crippen LogP contribution in [0.2, 0.25) is 0 Å². The number of carbonyl (C=O) groups is 1. The minimum Gasteiger partial charge on any atom is -0.432 e. The summed E-state index contributed by atoms with van der Waals surface area (Å²) in [6.45, 7) is 0. The normalized spacial score (nSPS) is 10.7. The first-order valence-corrected chi connectivity index (χ1v) is 13.8. The van der Waals surface area contributed by atoms with Crippen LogP contribution in [0.15, 0.2) is 133 Å². The second kappa shape index (κ2) is 12.0. The number of fused-ring (bicyclic) bond motifs is 1. The van der Waals surface area contributed by atoms with E-state index < -0.39 is 0 Å². The van der Waals surface area contributed by atoms with Gasteiger partial charge < -0.3 is 15.0 Å². The lowest BCUT2D eigenvalue weighted by molar-refractivity contribution is 0.102. The maximum Gasteiger partial charge on any atom is 0.269 e. The summed E-state index contributed by atoms with van der Waals surface area (Å²) >= 11 is 5.44. The summed E-state index contributed by atoms with van der Waals surface area (Å²) in [6, 6.07) is 42.1. The number of hydrogen-bond donors (Lipinski definition) is 1. The molecule has 7 heteroatoms. The van der Waals surface area contributed by atoms with Crippen LogP contribution < -0.4 is 15.0 Å². The van der Waals surface area contributed by atoms with Crippen LogP contribution in [0, 0.1) is 0 Å². The molecule has 42 heavy (non-hydrogen) atoms. The van der Waals surface area contributed by atoms with Crippen molar-refractivity contribution in [2.24, 2.45) is 0 Å². The number of thiocarbonyl (C=S) groups is 1. The van der Waals surface area contributed by atoms with Gasteiger partial charge in [-0.1, -0.05) is 78.9 Å². The van der Waals surface area contributed by atoms with Crippen LogP contribution in [0.3, 0.4) is 0 Å². The summed E-state index contributed by atoms with van der Waals surface area (Å²) < 4.78 is 5.83. The molecule has 0 aliphatic heterocycles. The average molecular weight is 567 g/mol. The van der Waals surface area contributed by atoms with E-state index in [1.54, 1.807) is 29.2 Å². The van der Waals surface area contributed by atoms with E-state index in [1.807, 2.05) is 116 Å². The van der Waals surface area contributed by atoms with Crippen molar-refractivity contribution in [3.63, 3.8) is 0 Å². The second-order valence-corrected chi connectivity index (χ2v) is 9.95. The van der Waals surface area contributed by atoms with Gasteiger partial charge in [-0.15, -0.1) is 0 Å². The molecule has 0 spiro atoms. The first kappa shape index (κ1) is 26.8. The van der Waals surface area contributed by atoms with E-state index >= 15 is 0 Å². The summed E-state index contributed by atoms with van der Waals surface area (Å²) in [5, 5.41) is 3.28. The number of carbonyl (C=O) groups excluding carboxylic acids is 1. The van der Waals surface area contributed by atoms with E-state index in [9.17, 15) is 4.79 Å². The minimum absolute atomic E-state index is 0.248. The molecule has 0 saturated carbocycles. The van der Waals surface area contributed by atoms with Crippen LogP contribution in [-0.4, -0.2) is 28.1 Å². The van der Waals surface area contributed by atoms with Crippen LogP contribution in [0.5, 0.6) is 5.75 Å². The van der Waals surface area contributed by atoms with Crippen molar-refractivity contribution in [1.29, 1.82) is 0 Å². The van der Waals surface area contributed by atoms with Gasteiger partial charge in [-0.2, -0.15) is 0 Å². The number of aromatic nitrogens is 2. The Morgan fingerprint density at radius 3 is 1.83 bits per heavy atom. The Morgan fingerprint density at radius 1 is 0.690 bits per heavy atom. The SMILES string of the molecule is CN(C(=S)Oc1ccc(C(=O)Nc2ccc3nc(-c4ccccc4)c(-c4ccccc4)nc3c2)cc1)c1ccccc1.